The summed E-state index contributed by atoms with van der Waals surface area (Å²) in [7, 11) is 0. The summed E-state index contributed by atoms with van der Waals surface area (Å²) < 4.78 is 33.3. The lowest BCUT2D eigenvalue weighted by atomic mass is 10.1. The van der Waals surface area contributed by atoms with Crippen molar-refractivity contribution in [2.45, 2.75) is 18.9 Å². The van der Waals surface area contributed by atoms with Crippen LogP contribution in [0.5, 0.6) is 5.75 Å². The van der Waals surface area contributed by atoms with E-state index in [9.17, 15) is 18.4 Å². The van der Waals surface area contributed by atoms with Gasteiger partial charge in [0, 0.05) is 6.04 Å². The Bertz CT molecular complexity index is 829. The highest BCUT2D eigenvalue weighted by Gasteiger charge is 2.29. The third-order valence-corrected chi connectivity index (χ3v) is 3.55. The SMILES string of the molecule is O=C(O)Oc1cn(C2CC2)c2c(F)c(F)cc(Cl)c2c1=O. The van der Waals surface area contributed by atoms with Gasteiger partial charge in [-0.1, -0.05) is 11.6 Å². The fourth-order valence-corrected chi connectivity index (χ4v) is 2.49. The summed E-state index contributed by atoms with van der Waals surface area (Å²) in [5.41, 5.74) is -1.17. The van der Waals surface area contributed by atoms with Crippen molar-refractivity contribution in [3.05, 3.63) is 39.1 Å². The molecular weight excluding hydrogens is 308 g/mol. The Morgan fingerprint density at radius 1 is 1.43 bits per heavy atom. The first-order valence-electron chi connectivity index (χ1n) is 6.03. The first-order chi connectivity index (χ1) is 9.90. The van der Waals surface area contributed by atoms with Gasteiger partial charge >= 0.3 is 6.16 Å². The third-order valence-electron chi connectivity index (χ3n) is 3.25. The van der Waals surface area contributed by atoms with Gasteiger partial charge < -0.3 is 14.4 Å². The highest BCUT2D eigenvalue weighted by Crippen LogP contribution is 2.39. The number of carboxylic acid groups (broad SMARTS) is 1. The minimum absolute atomic E-state index is 0.142. The number of aromatic nitrogens is 1. The number of hydrogen-bond acceptors (Lipinski definition) is 3. The Balaban J connectivity index is 2.43. The lowest BCUT2D eigenvalue weighted by Crippen LogP contribution is -2.17. The van der Waals surface area contributed by atoms with Crippen molar-refractivity contribution >= 4 is 28.7 Å². The highest BCUT2D eigenvalue weighted by atomic mass is 35.5. The molecule has 1 saturated carbocycles. The van der Waals surface area contributed by atoms with Crippen LogP contribution in [0, 0.1) is 11.6 Å². The van der Waals surface area contributed by atoms with Gasteiger partial charge in [-0.15, -0.1) is 0 Å². The van der Waals surface area contributed by atoms with Crippen LogP contribution in [0.1, 0.15) is 18.9 Å². The number of benzene rings is 1. The van der Waals surface area contributed by atoms with E-state index in [2.05, 4.69) is 4.74 Å². The summed E-state index contributed by atoms with van der Waals surface area (Å²) in [5, 5.41) is 8.06. The van der Waals surface area contributed by atoms with Crippen LogP contribution in [0.2, 0.25) is 5.02 Å². The molecule has 0 atom stereocenters. The van der Waals surface area contributed by atoms with Crippen LogP contribution in [-0.4, -0.2) is 15.8 Å². The molecule has 1 fully saturated rings. The Kier molecular flexibility index (Phi) is 3.09. The molecule has 1 aromatic carbocycles. The summed E-state index contributed by atoms with van der Waals surface area (Å²) >= 11 is 5.82. The van der Waals surface area contributed by atoms with Gasteiger partial charge in [0.1, 0.15) is 0 Å². The Morgan fingerprint density at radius 2 is 2.10 bits per heavy atom. The molecule has 2 aromatic rings. The minimum atomic E-state index is -1.67. The van der Waals surface area contributed by atoms with Gasteiger partial charge in [0.25, 0.3) is 0 Å². The zero-order chi connectivity index (χ0) is 15.3. The van der Waals surface area contributed by atoms with Crippen molar-refractivity contribution in [3.63, 3.8) is 0 Å². The van der Waals surface area contributed by atoms with E-state index in [1.54, 1.807) is 0 Å². The van der Waals surface area contributed by atoms with Crippen LogP contribution in [0.4, 0.5) is 13.6 Å². The van der Waals surface area contributed by atoms with Gasteiger partial charge in [0.2, 0.25) is 5.43 Å². The van der Waals surface area contributed by atoms with Crippen LogP contribution in [0.15, 0.2) is 17.1 Å². The van der Waals surface area contributed by atoms with Crippen molar-refractivity contribution in [2.24, 2.45) is 0 Å². The van der Waals surface area contributed by atoms with E-state index in [1.807, 2.05) is 0 Å². The topological polar surface area (TPSA) is 68.5 Å². The molecule has 21 heavy (non-hydrogen) atoms. The Labute approximate surface area is 121 Å². The number of hydrogen-bond donors (Lipinski definition) is 1. The van der Waals surface area contributed by atoms with Gasteiger partial charge in [-0.05, 0) is 18.9 Å². The second-order valence-corrected chi connectivity index (χ2v) is 5.11. The van der Waals surface area contributed by atoms with E-state index in [0.717, 1.165) is 6.20 Å². The number of fused-ring (bicyclic) bond motifs is 1. The number of rotatable bonds is 2. The predicted molar refractivity (Wildman–Crippen MR) is 70.1 cm³/mol. The number of halogens is 3. The molecule has 0 radical (unpaired) electrons. The number of carbonyl (C=O) groups is 1. The lowest BCUT2D eigenvalue weighted by Gasteiger charge is -2.13. The molecule has 0 saturated heterocycles. The first kappa shape index (κ1) is 13.8. The maximum Gasteiger partial charge on any atom is 0.511 e. The van der Waals surface area contributed by atoms with Gasteiger partial charge in [0.05, 0.1) is 22.1 Å². The summed E-state index contributed by atoms with van der Waals surface area (Å²) in [6, 6.07) is 0.541. The molecule has 0 aliphatic heterocycles. The Morgan fingerprint density at radius 3 is 2.67 bits per heavy atom. The fourth-order valence-electron chi connectivity index (χ4n) is 2.22. The largest absolute Gasteiger partial charge is 0.511 e. The van der Waals surface area contributed by atoms with Gasteiger partial charge in [0.15, 0.2) is 17.4 Å². The smallest absolute Gasteiger partial charge is 0.449 e. The quantitative estimate of drug-likeness (QED) is 0.682. The number of ether oxygens (including phenoxy) is 1. The van der Waals surface area contributed by atoms with Gasteiger partial charge in [-0.25, -0.2) is 13.6 Å². The average molecular weight is 316 g/mol. The molecule has 1 aliphatic rings. The summed E-state index contributed by atoms with van der Waals surface area (Å²) in [6.07, 6.45) is 0.818. The van der Waals surface area contributed by atoms with Gasteiger partial charge in [-0.2, -0.15) is 0 Å². The maximum atomic E-state index is 14.1. The van der Waals surface area contributed by atoms with E-state index in [1.165, 1.54) is 4.57 Å². The average Bonchev–Trinajstić information content (AvgIpc) is 3.21. The van der Waals surface area contributed by atoms with Crippen molar-refractivity contribution < 1.29 is 23.4 Å². The number of pyridine rings is 1. The molecule has 1 N–H and O–H groups in total. The monoisotopic (exact) mass is 315 g/mol. The van der Waals surface area contributed by atoms with Crippen molar-refractivity contribution in [1.29, 1.82) is 0 Å². The number of nitrogens with zero attached hydrogens (tertiary/aromatic N) is 1. The zero-order valence-electron chi connectivity index (χ0n) is 10.4. The molecule has 0 bridgehead atoms. The lowest BCUT2D eigenvalue weighted by molar-refractivity contribution is 0.143. The maximum absolute atomic E-state index is 14.1. The van der Waals surface area contributed by atoms with E-state index in [4.69, 9.17) is 16.7 Å². The van der Waals surface area contributed by atoms with Crippen molar-refractivity contribution in [2.75, 3.05) is 0 Å². The molecular formula is C13H8ClF2NO4. The standard InChI is InChI=1S/C13H8ClF2NO4/c14-6-3-7(15)10(16)11-9(6)12(18)8(21-13(19)20)4-17(11)5-1-2-5/h3-5H,1-2H2,(H,19,20). The molecule has 1 heterocycles. The molecule has 1 aliphatic carbocycles. The summed E-state index contributed by atoms with van der Waals surface area (Å²) in [6.45, 7) is 0. The normalized spacial score (nSPS) is 14.4. The molecule has 0 unspecified atom stereocenters. The Hall–Kier alpha value is -2.15. The van der Waals surface area contributed by atoms with Crippen molar-refractivity contribution in [3.8, 4) is 5.75 Å². The van der Waals surface area contributed by atoms with E-state index >= 15 is 0 Å². The fraction of sp³-hybridized carbons (Fsp3) is 0.231. The van der Waals surface area contributed by atoms with Crippen LogP contribution in [0.25, 0.3) is 10.9 Å². The van der Waals surface area contributed by atoms with Crippen LogP contribution < -0.4 is 10.2 Å². The van der Waals surface area contributed by atoms with Crippen molar-refractivity contribution in [1.82, 2.24) is 4.57 Å². The molecule has 0 spiro atoms. The van der Waals surface area contributed by atoms with E-state index < -0.39 is 29.0 Å². The van der Waals surface area contributed by atoms with Gasteiger partial charge in [-0.3, -0.25) is 4.79 Å². The minimum Gasteiger partial charge on any atom is -0.449 e. The van der Waals surface area contributed by atoms with Crippen LogP contribution >= 0.6 is 11.6 Å². The highest BCUT2D eigenvalue weighted by molar-refractivity contribution is 6.35. The predicted octanol–water partition coefficient (Wildman–Crippen LogP) is 3.32. The molecule has 3 rings (SSSR count). The molecule has 1 aromatic heterocycles. The molecule has 110 valence electrons. The summed E-state index contributed by atoms with van der Waals surface area (Å²) in [4.78, 5) is 22.8. The molecule has 8 heteroatoms. The first-order valence-corrected chi connectivity index (χ1v) is 6.41. The zero-order valence-corrected chi connectivity index (χ0v) is 11.2. The van der Waals surface area contributed by atoms with Crippen LogP contribution in [-0.2, 0) is 0 Å². The second kappa shape index (κ2) is 4.70. The third kappa shape index (κ3) is 2.23. The molecule has 0 amide bonds. The van der Waals surface area contributed by atoms with E-state index in [-0.39, 0.29) is 22.0 Å². The summed E-state index contributed by atoms with van der Waals surface area (Å²) in [5.74, 6) is -2.86. The van der Waals surface area contributed by atoms with Crippen LogP contribution in [0.3, 0.4) is 0 Å². The molecule has 5 nitrogen and oxygen atoms in total. The van der Waals surface area contributed by atoms with E-state index in [0.29, 0.717) is 18.9 Å². The second-order valence-electron chi connectivity index (χ2n) is 4.71.